The van der Waals surface area contributed by atoms with Crippen molar-refractivity contribution in [2.45, 2.75) is 26.2 Å². The first-order valence-electron chi connectivity index (χ1n) is 3.57. The molecule has 0 aliphatic rings. The fourth-order valence-corrected chi connectivity index (χ4v) is 0.385. The maximum Gasteiger partial charge on any atom is 0.120 e. The molecule has 0 aromatic heterocycles. The number of rotatable bonds is 6. The summed E-state index contributed by atoms with van der Waals surface area (Å²) >= 11 is 0. The van der Waals surface area contributed by atoms with E-state index >= 15 is 0 Å². The minimum Gasteiger partial charge on any atom is -0.395 e. The van der Waals surface area contributed by atoms with E-state index in [-0.39, 0.29) is 0 Å². The van der Waals surface area contributed by atoms with Crippen molar-refractivity contribution >= 4 is 6.21 Å². The Labute approximate surface area is 62.6 Å². The van der Waals surface area contributed by atoms with Crippen LogP contribution in [0.5, 0.6) is 0 Å². The molecule has 0 spiro atoms. The van der Waals surface area contributed by atoms with Gasteiger partial charge in [0.2, 0.25) is 0 Å². The Hall–Kier alpha value is -0.790. The third-order valence-electron chi connectivity index (χ3n) is 0.904. The predicted octanol–water partition coefficient (Wildman–Crippen LogP) is 2.24. The Kier molecular flexibility index (Phi) is 7.56. The highest BCUT2D eigenvalue weighted by Gasteiger charge is 1.78. The summed E-state index contributed by atoms with van der Waals surface area (Å²) in [4.78, 5) is 4.82. The number of nitrogens with zero attached hydrogens (tertiary/aromatic N) is 1. The molecule has 0 saturated carbocycles. The molecule has 0 aliphatic carbocycles. The molecule has 0 fully saturated rings. The lowest BCUT2D eigenvalue weighted by molar-refractivity contribution is 0.150. The molecule has 0 aromatic carbocycles. The van der Waals surface area contributed by atoms with Gasteiger partial charge in [-0.2, -0.15) is 0 Å². The monoisotopic (exact) mass is 140 g/mol. The SMILES string of the molecule is C=CCCO/N=[C]/CCC. The van der Waals surface area contributed by atoms with Crippen LogP contribution in [0.1, 0.15) is 26.2 Å². The molecule has 0 heterocycles. The molecule has 57 valence electrons. The highest BCUT2D eigenvalue weighted by atomic mass is 16.6. The normalized spacial score (nSPS) is 10.1. The maximum atomic E-state index is 4.82. The zero-order valence-electron chi connectivity index (χ0n) is 6.47. The van der Waals surface area contributed by atoms with Gasteiger partial charge < -0.3 is 4.84 Å². The second-order valence-corrected chi connectivity index (χ2v) is 1.91. The van der Waals surface area contributed by atoms with Gasteiger partial charge in [0, 0.05) is 6.42 Å². The summed E-state index contributed by atoms with van der Waals surface area (Å²) in [6, 6.07) is 0. The first-order valence-corrected chi connectivity index (χ1v) is 3.57. The van der Waals surface area contributed by atoms with Gasteiger partial charge in [-0.1, -0.05) is 24.6 Å². The smallest absolute Gasteiger partial charge is 0.120 e. The van der Waals surface area contributed by atoms with Crippen LogP contribution < -0.4 is 0 Å². The molecule has 0 aromatic rings. The van der Waals surface area contributed by atoms with Crippen LogP contribution in [0.15, 0.2) is 17.8 Å². The number of hydrogen-bond acceptors (Lipinski definition) is 2. The second-order valence-electron chi connectivity index (χ2n) is 1.91. The molecule has 0 N–H and O–H groups in total. The van der Waals surface area contributed by atoms with Gasteiger partial charge in [-0.05, 0) is 6.42 Å². The van der Waals surface area contributed by atoms with E-state index in [4.69, 9.17) is 4.84 Å². The van der Waals surface area contributed by atoms with Gasteiger partial charge in [0.1, 0.15) is 12.8 Å². The minimum absolute atomic E-state index is 0.611. The molecule has 0 bridgehead atoms. The van der Waals surface area contributed by atoms with Crippen molar-refractivity contribution in [3.63, 3.8) is 0 Å². The van der Waals surface area contributed by atoms with Gasteiger partial charge in [0.25, 0.3) is 0 Å². The van der Waals surface area contributed by atoms with Crippen molar-refractivity contribution < 1.29 is 4.84 Å². The molecular formula is C8H14NO. The molecule has 0 atom stereocenters. The van der Waals surface area contributed by atoms with Crippen molar-refractivity contribution in [2.75, 3.05) is 6.61 Å². The molecule has 10 heavy (non-hydrogen) atoms. The highest BCUT2D eigenvalue weighted by molar-refractivity contribution is 5.55. The lowest BCUT2D eigenvalue weighted by Gasteiger charge is -1.91. The van der Waals surface area contributed by atoms with E-state index in [0.717, 1.165) is 19.3 Å². The molecule has 0 aliphatic heterocycles. The molecular weight excluding hydrogens is 126 g/mol. The van der Waals surface area contributed by atoms with Gasteiger partial charge in [-0.3, -0.25) is 0 Å². The number of unbranched alkanes of at least 4 members (excludes halogenated alkanes) is 1. The Morgan fingerprint density at radius 3 is 3.10 bits per heavy atom. The fourth-order valence-electron chi connectivity index (χ4n) is 0.385. The Bertz CT molecular complexity index is 99.4. The van der Waals surface area contributed by atoms with Crippen molar-refractivity contribution in [1.82, 2.24) is 0 Å². The van der Waals surface area contributed by atoms with Gasteiger partial charge in [0.15, 0.2) is 0 Å². The van der Waals surface area contributed by atoms with Crippen molar-refractivity contribution in [3.05, 3.63) is 12.7 Å². The van der Waals surface area contributed by atoms with E-state index < -0.39 is 0 Å². The second kappa shape index (κ2) is 8.21. The summed E-state index contributed by atoms with van der Waals surface area (Å²) in [5, 5.41) is 3.60. The zero-order chi connectivity index (χ0) is 7.66. The van der Waals surface area contributed by atoms with E-state index in [1.807, 2.05) is 0 Å². The molecule has 1 radical (unpaired) electrons. The molecule has 0 unspecified atom stereocenters. The summed E-state index contributed by atoms with van der Waals surface area (Å²) < 4.78 is 0. The number of hydrogen-bond donors (Lipinski definition) is 0. The molecule has 2 nitrogen and oxygen atoms in total. The van der Waals surface area contributed by atoms with Crippen molar-refractivity contribution in [3.8, 4) is 0 Å². The Morgan fingerprint density at radius 2 is 2.50 bits per heavy atom. The van der Waals surface area contributed by atoms with Crippen LogP contribution in [0, 0.1) is 0 Å². The topological polar surface area (TPSA) is 21.6 Å². The average molecular weight is 140 g/mol. The first-order chi connectivity index (χ1) is 4.91. The summed E-state index contributed by atoms with van der Waals surface area (Å²) in [6.07, 6.45) is 7.34. The summed E-state index contributed by atoms with van der Waals surface area (Å²) in [5.74, 6) is 0. The van der Waals surface area contributed by atoms with E-state index in [0.29, 0.717) is 6.61 Å². The van der Waals surface area contributed by atoms with Gasteiger partial charge >= 0.3 is 0 Å². The molecule has 0 amide bonds. The fraction of sp³-hybridized carbons (Fsp3) is 0.625. The molecule has 0 saturated heterocycles. The molecule has 2 heteroatoms. The quantitative estimate of drug-likeness (QED) is 0.240. The lowest BCUT2D eigenvalue weighted by Crippen LogP contribution is -1.84. The van der Waals surface area contributed by atoms with Crippen LogP contribution in [0.3, 0.4) is 0 Å². The zero-order valence-corrected chi connectivity index (χ0v) is 6.47. The van der Waals surface area contributed by atoms with Crippen LogP contribution in [-0.2, 0) is 4.84 Å². The largest absolute Gasteiger partial charge is 0.395 e. The van der Waals surface area contributed by atoms with Crippen LogP contribution in [-0.4, -0.2) is 12.8 Å². The third-order valence-corrected chi connectivity index (χ3v) is 0.904. The highest BCUT2D eigenvalue weighted by Crippen LogP contribution is 1.85. The standard InChI is InChI=1S/C8H14NO/c1-3-5-7-9-10-8-6-4-2/h4H,2-3,5-6,8H2,1H3. The third kappa shape index (κ3) is 7.21. The van der Waals surface area contributed by atoms with E-state index in [1.54, 1.807) is 6.08 Å². The summed E-state index contributed by atoms with van der Waals surface area (Å²) in [6.45, 7) is 6.24. The van der Waals surface area contributed by atoms with Crippen LogP contribution >= 0.6 is 0 Å². The summed E-state index contributed by atoms with van der Waals surface area (Å²) in [7, 11) is 0. The maximum absolute atomic E-state index is 4.82. The minimum atomic E-state index is 0.611. The van der Waals surface area contributed by atoms with Gasteiger partial charge in [-0.15, -0.1) is 6.58 Å². The first kappa shape index (κ1) is 9.21. The predicted molar refractivity (Wildman–Crippen MR) is 43.1 cm³/mol. The van der Waals surface area contributed by atoms with Gasteiger partial charge in [0.05, 0.1) is 0 Å². The van der Waals surface area contributed by atoms with Crippen LogP contribution in [0.2, 0.25) is 0 Å². The lowest BCUT2D eigenvalue weighted by atomic mass is 10.4. The summed E-state index contributed by atoms with van der Waals surface area (Å²) in [5.41, 5.74) is 0. The van der Waals surface area contributed by atoms with Gasteiger partial charge in [-0.25, -0.2) is 0 Å². The van der Waals surface area contributed by atoms with Crippen LogP contribution in [0.25, 0.3) is 0 Å². The average Bonchev–Trinajstić information content (AvgIpc) is 1.97. The molecule has 0 rings (SSSR count). The Balaban J connectivity index is 2.94. The van der Waals surface area contributed by atoms with Crippen LogP contribution in [0.4, 0.5) is 0 Å². The van der Waals surface area contributed by atoms with E-state index in [2.05, 4.69) is 24.9 Å². The van der Waals surface area contributed by atoms with E-state index in [9.17, 15) is 0 Å². The van der Waals surface area contributed by atoms with Crippen molar-refractivity contribution in [2.24, 2.45) is 5.16 Å². The Morgan fingerprint density at radius 1 is 1.70 bits per heavy atom. The van der Waals surface area contributed by atoms with Crippen molar-refractivity contribution in [1.29, 1.82) is 0 Å². The van der Waals surface area contributed by atoms with E-state index in [1.165, 1.54) is 0 Å².